The lowest BCUT2D eigenvalue weighted by atomic mass is 10.1. The average Bonchev–Trinajstić information content (AvgIpc) is 2.79. The molecule has 0 unspecified atom stereocenters. The molecule has 0 bridgehead atoms. The number of amides is 1. The van der Waals surface area contributed by atoms with Crippen LogP contribution in [0.5, 0.6) is 17.2 Å². The summed E-state index contributed by atoms with van der Waals surface area (Å²) in [6, 6.07) is 18.7. The molecule has 0 saturated carbocycles. The summed E-state index contributed by atoms with van der Waals surface area (Å²) >= 11 is 0. The van der Waals surface area contributed by atoms with Crippen LogP contribution in [0.15, 0.2) is 60.7 Å². The number of carbonyl (C=O) groups is 2. The Labute approximate surface area is 174 Å². The second kappa shape index (κ2) is 10.2. The molecule has 0 spiro atoms. The molecule has 3 rings (SSSR count). The Morgan fingerprint density at radius 1 is 0.833 bits per heavy atom. The second-order valence-electron chi connectivity index (χ2n) is 6.42. The summed E-state index contributed by atoms with van der Waals surface area (Å²) in [6.07, 6.45) is 0. The minimum Gasteiger partial charge on any atom is -0.493 e. The molecule has 0 saturated heterocycles. The van der Waals surface area contributed by atoms with Crippen molar-refractivity contribution in [3.8, 4) is 17.2 Å². The number of fused-ring (bicyclic) bond motifs is 1. The molecule has 0 fully saturated rings. The first-order chi connectivity index (χ1) is 14.6. The van der Waals surface area contributed by atoms with Crippen LogP contribution in [0.2, 0.25) is 0 Å². The number of ether oxygens (including phenoxy) is 4. The Morgan fingerprint density at radius 3 is 2.37 bits per heavy atom. The van der Waals surface area contributed by atoms with E-state index >= 15 is 0 Å². The highest BCUT2D eigenvalue weighted by molar-refractivity contribution is 5.84. The maximum Gasteiger partial charge on any atom is 0.344 e. The molecule has 7 heteroatoms. The molecule has 1 N–H and O–H groups in total. The summed E-state index contributed by atoms with van der Waals surface area (Å²) in [5.41, 5.74) is 0.826. The van der Waals surface area contributed by atoms with Crippen molar-refractivity contribution in [2.24, 2.45) is 0 Å². The lowest BCUT2D eigenvalue weighted by molar-refractivity contribution is -0.150. The van der Waals surface area contributed by atoms with Gasteiger partial charge in [0.25, 0.3) is 5.91 Å². The van der Waals surface area contributed by atoms with Crippen molar-refractivity contribution in [2.75, 3.05) is 27.4 Å². The van der Waals surface area contributed by atoms with Crippen LogP contribution >= 0.6 is 0 Å². The van der Waals surface area contributed by atoms with E-state index in [-0.39, 0.29) is 19.8 Å². The smallest absolute Gasteiger partial charge is 0.344 e. The van der Waals surface area contributed by atoms with Gasteiger partial charge in [0.05, 0.1) is 14.2 Å². The topological polar surface area (TPSA) is 83.1 Å². The van der Waals surface area contributed by atoms with Crippen LogP contribution in [0.1, 0.15) is 5.56 Å². The van der Waals surface area contributed by atoms with Crippen molar-refractivity contribution in [3.05, 3.63) is 66.2 Å². The van der Waals surface area contributed by atoms with Gasteiger partial charge in [-0.05, 0) is 40.6 Å². The molecular formula is C23H23NO6. The molecule has 156 valence electrons. The summed E-state index contributed by atoms with van der Waals surface area (Å²) in [5, 5.41) is 4.78. The lowest BCUT2D eigenvalue weighted by Crippen LogP contribution is -2.29. The SMILES string of the molecule is COc1ccc(CNC(=O)COC(=O)COc2ccc3ccccc3c2)cc1OC. The van der Waals surface area contributed by atoms with E-state index in [1.165, 1.54) is 0 Å². The van der Waals surface area contributed by atoms with Gasteiger partial charge in [-0.1, -0.05) is 36.4 Å². The largest absolute Gasteiger partial charge is 0.493 e. The molecule has 0 atom stereocenters. The fourth-order valence-electron chi connectivity index (χ4n) is 2.83. The van der Waals surface area contributed by atoms with Crippen molar-refractivity contribution in [1.82, 2.24) is 5.32 Å². The molecule has 0 aliphatic carbocycles. The third-order valence-electron chi connectivity index (χ3n) is 4.38. The summed E-state index contributed by atoms with van der Waals surface area (Å²) in [5.74, 6) is 0.700. The third kappa shape index (κ3) is 5.64. The van der Waals surface area contributed by atoms with E-state index in [1.54, 1.807) is 32.4 Å². The number of esters is 1. The first-order valence-corrected chi connectivity index (χ1v) is 9.34. The summed E-state index contributed by atoms with van der Waals surface area (Å²) in [4.78, 5) is 23.8. The zero-order chi connectivity index (χ0) is 21.3. The first-order valence-electron chi connectivity index (χ1n) is 9.34. The molecule has 7 nitrogen and oxygen atoms in total. The molecule has 1 amide bonds. The van der Waals surface area contributed by atoms with E-state index in [9.17, 15) is 9.59 Å². The van der Waals surface area contributed by atoms with E-state index in [0.29, 0.717) is 17.2 Å². The summed E-state index contributed by atoms with van der Waals surface area (Å²) in [6.45, 7) is -0.390. The molecule has 0 aliphatic heterocycles. The number of nitrogens with one attached hydrogen (secondary N) is 1. The Morgan fingerprint density at radius 2 is 1.60 bits per heavy atom. The van der Waals surface area contributed by atoms with E-state index in [1.807, 2.05) is 42.5 Å². The average molecular weight is 409 g/mol. The van der Waals surface area contributed by atoms with Crippen LogP contribution < -0.4 is 19.5 Å². The summed E-state index contributed by atoms with van der Waals surface area (Å²) < 4.78 is 20.8. The van der Waals surface area contributed by atoms with E-state index in [4.69, 9.17) is 18.9 Å². The van der Waals surface area contributed by atoms with Crippen LogP contribution in [0.25, 0.3) is 10.8 Å². The molecule has 0 aromatic heterocycles. The first kappa shape index (κ1) is 21.0. The molecule has 30 heavy (non-hydrogen) atoms. The van der Waals surface area contributed by atoms with Gasteiger partial charge < -0.3 is 24.3 Å². The van der Waals surface area contributed by atoms with E-state index < -0.39 is 11.9 Å². The van der Waals surface area contributed by atoms with Crippen molar-refractivity contribution in [1.29, 1.82) is 0 Å². The normalized spacial score (nSPS) is 10.3. The molecule has 0 aliphatic rings. The van der Waals surface area contributed by atoms with Gasteiger partial charge in [0.2, 0.25) is 0 Å². The highest BCUT2D eigenvalue weighted by Gasteiger charge is 2.10. The van der Waals surface area contributed by atoms with Gasteiger partial charge in [-0.3, -0.25) is 4.79 Å². The van der Waals surface area contributed by atoms with Crippen LogP contribution in [-0.4, -0.2) is 39.3 Å². The van der Waals surface area contributed by atoms with E-state index in [0.717, 1.165) is 16.3 Å². The molecule has 0 heterocycles. The monoisotopic (exact) mass is 409 g/mol. The highest BCUT2D eigenvalue weighted by atomic mass is 16.6. The van der Waals surface area contributed by atoms with Crippen LogP contribution in [0, 0.1) is 0 Å². The molecular weight excluding hydrogens is 386 g/mol. The predicted octanol–water partition coefficient (Wildman–Crippen LogP) is 3.10. The minimum atomic E-state index is -0.621. The summed E-state index contributed by atoms with van der Waals surface area (Å²) in [7, 11) is 3.09. The number of methoxy groups -OCH3 is 2. The van der Waals surface area contributed by atoms with Crippen molar-refractivity contribution < 1.29 is 28.5 Å². The van der Waals surface area contributed by atoms with E-state index in [2.05, 4.69) is 5.32 Å². The predicted molar refractivity (Wildman–Crippen MR) is 112 cm³/mol. The Kier molecular flexibility index (Phi) is 7.10. The van der Waals surface area contributed by atoms with Gasteiger partial charge in [0, 0.05) is 6.54 Å². The van der Waals surface area contributed by atoms with Crippen molar-refractivity contribution >= 4 is 22.6 Å². The van der Waals surface area contributed by atoms with Gasteiger partial charge >= 0.3 is 5.97 Å². The standard InChI is InChI=1S/C23H23NO6/c1-27-20-10-7-16(11-21(20)28-2)13-24-22(25)14-30-23(26)15-29-19-9-8-17-5-3-4-6-18(17)12-19/h3-12H,13-15H2,1-2H3,(H,24,25). The maximum absolute atomic E-state index is 11.9. The van der Waals surface area contributed by atoms with Gasteiger partial charge in [0.1, 0.15) is 5.75 Å². The second-order valence-corrected chi connectivity index (χ2v) is 6.42. The van der Waals surface area contributed by atoms with Gasteiger partial charge in [0.15, 0.2) is 24.7 Å². The van der Waals surface area contributed by atoms with Gasteiger partial charge in [-0.25, -0.2) is 4.79 Å². The Hall–Kier alpha value is -3.74. The van der Waals surface area contributed by atoms with Crippen LogP contribution in [-0.2, 0) is 20.9 Å². The number of rotatable bonds is 9. The molecule has 3 aromatic rings. The quantitative estimate of drug-likeness (QED) is 0.547. The number of hydrogen-bond donors (Lipinski definition) is 1. The van der Waals surface area contributed by atoms with Crippen molar-refractivity contribution in [3.63, 3.8) is 0 Å². The van der Waals surface area contributed by atoms with Crippen LogP contribution in [0.4, 0.5) is 0 Å². The zero-order valence-electron chi connectivity index (χ0n) is 16.8. The third-order valence-corrected chi connectivity index (χ3v) is 4.38. The fraction of sp³-hybridized carbons (Fsp3) is 0.217. The highest BCUT2D eigenvalue weighted by Crippen LogP contribution is 2.27. The van der Waals surface area contributed by atoms with Crippen LogP contribution in [0.3, 0.4) is 0 Å². The van der Waals surface area contributed by atoms with Gasteiger partial charge in [-0.15, -0.1) is 0 Å². The molecule has 0 radical (unpaired) electrons. The minimum absolute atomic E-state index is 0.268. The van der Waals surface area contributed by atoms with Gasteiger partial charge in [-0.2, -0.15) is 0 Å². The Bertz CT molecular complexity index is 1030. The molecule has 3 aromatic carbocycles. The number of benzene rings is 3. The lowest BCUT2D eigenvalue weighted by Gasteiger charge is -2.11. The Balaban J connectivity index is 1.41. The number of carbonyl (C=O) groups excluding carboxylic acids is 2. The zero-order valence-corrected chi connectivity index (χ0v) is 16.8. The maximum atomic E-state index is 11.9. The fourth-order valence-corrected chi connectivity index (χ4v) is 2.83. The number of hydrogen-bond acceptors (Lipinski definition) is 6. The van der Waals surface area contributed by atoms with Crippen molar-refractivity contribution in [2.45, 2.75) is 6.54 Å².